The maximum atomic E-state index is 11.3. The molecule has 2 amide bonds. The minimum absolute atomic E-state index is 0.0914. The molecular formula is C8H11N5O2. The van der Waals surface area contributed by atoms with Crippen LogP contribution in [-0.4, -0.2) is 28.3 Å². The Labute approximate surface area is 85.9 Å². The number of hydrogen-bond donors (Lipinski definition) is 3. The van der Waals surface area contributed by atoms with Gasteiger partial charge in [-0.1, -0.05) is 0 Å². The van der Waals surface area contributed by atoms with E-state index in [-0.39, 0.29) is 24.5 Å². The third-order valence-electron chi connectivity index (χ3n) is 1.56. The number of rotatable bonds is 4. The first kappa shape index (κ1) is 10.9. The van der Waals surface area contributed by atoms with E-state index in [1.807, 2.05) is 0 Å². The van der Waals surface area contributed by atoms with E-state index in [1.165, 1.54) is 12.4 Å². The standard InChI is InChI=1S/C8H11N5O2/c9-6-4-12-5(3-13-6)8(15)11-2-1-7(10)14/h3-4H,1-2H2,(H2,9,13)(H2,10,14)(H,11,15). The number of nitrogens with one attached hydrogen (secondary N) is 1. The van der Waals surface area contributed by atoms with Crippen LogP contribution >= 0.6 is 0 Å². The van der Waals surface area contributed by atoms with Crippen LogP contribution in [0.1, 0.15) is 16.9 Å². The molecule has 7 nitrogen and oxygen atoms in total. The molecule has 0 spiro atoms. The molecule has 0 atom stereocenters. The van der Waals surface area contributed by atoms with Crippen LogP contribution in [0.2, 0.25) is 0 Å². The summed E-state index contributed by atoms with van der Waals surface area (Å²) in [6, 6.07) is 0. The topological polar surface area (TPSA) is 124 Å². The summed E-state index contributed by atoms with van der Waals surface area (Å²) in [5.41, 5.74) is 10.3. The third kappa shape index (κ3) is 3.59. The van der Waals surface area contributed by atoms with Crippen LogP contribution in [0.15, 0.2) is 12.4 Å². The van der Waals surface area contributed by atoms with E-state index in [4.69, 9.17) is 11.5 Å². The molecule has 1 heterocycles. The van der Waals surface area contributed by atoms with E-state index in [1.54, 1.807) is 0 Å². The molecule has 0 unspecified atom stereocenters. The lowest BCUT2D eigenvalue weighted by molar-refractivity contribution is -0.117. The summed E-state index contributed by atoms with van der Waals surface area (Å²) in [7, 11) is 0. The molecule has 0 radical (unpaired) electrons. The summed E-state index contributed by atoms with van der Waals surface area (Å²) in [5, 5.41) is 2.47. The molecule has 0 aliphatic carbocycles. The summed E-state index contributed by atoms with van der Waals surface area (Å²) >= 11 is 0. The molecule has 0 aliphatic heterocycles. The molecule has 7 heteroatoms. The monoisotopic (exact) mass is 209 g/mol. The molecule has 1 aromatic heterocycles. The maximum absolute atomic E-state index is 11.3. The molecule has 5 N–H and O–H groups in total. The Bertz CT molecular complexity index is 362. The highest BCUT2D eigenvalue weighted by Gasteiger charge is 2.06. The van der Waals surface area contributed by atoms with Gasteiger partial charge in [-0.25, -0.2) is 9.97 Å². The zero-order valence-corrected chi connectivity index (χ0v) is 7.93. The summed E-state index contributed by atoms with van der Waals surface area (Å²) in [6.45, 7) is 0.181. The first-order valence-electron chi connectivity index (χ1n) is 4.23. The average molecular weight is 209 g/mol. The number of carbonyl (C=O) groups is 2. The molecule has 1 rings (SSSR count). The van der Waals surface area contributed by atoms with E-state index >= 15 is 0 Å². The second-order valence-electron chi connectivity index (χ2n) is 2.80. The SMILES string of the molecule is NC(=O)CCNC(=O)c1cnc(N)cn1. The van der Waals surface area contributed by atoms with E-state index in [0.29, 0.717) is 0 Å². The van der Waals surface area contributed by atoms with Crippen LogP contribution < -0.4 is 16.8 Å². The van der Waals surface area contributed by atoms with E-state index in [9.17, 15) is 9.59 Å². The van der Waals surface area contributed by atoms with Crippen LogP contribution in [0, 0.1) is 0 Å². The number of nitrogen functional groups attached to an aromatic ring is 1. The Hall–Kier alpha value is -2.18. The fourth-order valence-electron chi connectivity index (χ4n) is 0.845. The Morgan fingerprint density at radius 1 is 1.33 bits per heavy atom. The van der Waals surface area contributed by atoms with Crippen LogP contribution in [-0.2, 0) is 4.79 Å². The zero-order valence-electron chi connectivity index (χ0n) is 7.93. The molecular weight excluding hydrogens is 198 g/mol. The number of aromatic nitrogens is 2. The molecule has 1 aromatic rings. The van der Waals surface area contributed by atoms with Crippen molar-refractivity contribution in [3.8, 4) is 0 Å². The lowest BCUT2D eigenvalue weighted by Gasteiger charge is -2.02. The Balaban J connectivity index is 2.47. The molecule has 0 saturated carbocycles. The second-order valence-corrected chi connectivity index (χ2v) is 2.80. The van der Waals surface area contributed by atoms with Gasteiger partial charge in [0.25, 0.3) is 5.91 Å². The van der Waals surface area contributed by atoms with Crippen molar-refractivity contribution in [1.29, 1.82) is 0 Å². The van der Waals surface area contributed by atoms with E-state index < -0.39 is 11.8 Å². The largest absolute Gasteiger partial charge is 0.382 e. The van der Waals surface area contributed by atoms with Crippen LogP contribution in [0.5, 0.6) is 0 Å². The predicted octanol–water partition coefficient (Wildman–Crippen LogP) is -1.34. The van der Waals surface area contributed by atoms with Gasteiger partial charge < -0.3 is 16.8 Å². The van der Waals surface area contributed by atoms with Crippen LogP contribution in [0.25, 0.3) is 0 Å². The normalized spacial score (nSPS) is 9.60. The molecule has 0 aromatic carbocycles. The van der Waals surface area contributed by atoms with Crippen molar-refractivity contribution in [3.63, 3.8) is 0 Å². The predicted molar refractivity (Wildman–Crippen MR) is 52.6 cm³/mol. The number of amides is 2. The second kappa shape index (κ2) is 4.89. The first-order valence-corrected chi connectivity index (χ1v) is 4.23. The lowest BCUT2D eigenvalue weighted by Crippen LogP contribution is -2.28. The maximum Gasteiger partial charge on any atom is 0.271 e. The average Bonchev–Trinajstić information content (AvgIpc) is 2.18. The van der Waals surface area contributed by atoms with Crippen molar-refractivity contribution in [3.05, 3.63) is 18.1 Å². The number of nitrogens with zero attached hydrogens (tertiary/aromatic N) is 2. The summed E-state index contributed by atoms with van der Waals surface area (Å²) < 4.78 is 0. The van der Waals surface area contributed by atoms with Crippen molar-refractivity contribution in [2.24, 2.45) is 5.73 Å². The van der Waals surface area contributed by atoms with E-state index in [2.05, 4.69) is 15.3 Å². The minimum atomic E-state index is -0.473. The molecule has 15 heavy (non-hydrogen) atoms. The molecule has 0 aliphatic rings. The number of nitrogens with two attached hydrogens (primary N) is 2. The molecule has 0 fully saturated rings. The Morgan fingerprint density at radius 3 is 2.60 bits per heavy atom. The third-order valence-corrected chi connectivity index (χ3v) is 1.56. The lowest BCUT2D eigenvalue weighted by atomic mass is 10.3. The highest BCUT2D eigenvalue weighted by molar-refractivity contribution is 5.92. The molecule has 0 bridgehead atoms. The number of anilines is 1. The Morgan fingerprint density at radius 2 is 2.07 bits per heavy atom. The fraction of sp³-hybridized carbons (Fsp3) is 0.250. The van der Waals surface area contributed by atoms with Crippen molar-refractivity contribution in [2.45, 2.75) is 6.42 Å². The van der Waals surface area contributed by atoms with Gasteiger partial charge in [0.2, 0.25) is 5.91 Å². The quantitative estimate of drug-likeness (QED) is 0.566. The van der Waals surface area contributed by atoms with Crippen LogP contribution in [0.4, 0.5) is 5.82 Å². The van der Waals surface area contributed by atoms with E-state index in [0.717, 1.165) is 0 Å². The number of hydrogen-bond acceptors (Lipinski definition) is 5. The van der Waals surface area contributed by atoms with Gasteiger partial charge in [-0.05, 0) is 0 Å². The molecule has 0 saturated heterocycles. The van der Waals surface area contributed by atoms with Gasteiger partial charge >= 0.3 is 0 Å². The van der Waals surface area contributed by atoms with Crippen LogP contribution in [0.3, 0.4) is 0 Å². The summed E-state index contributed by atoms with van der Waals surface area (Å²) in [4.78, 5) is 29.2. The smallest absolute Gasteiger partial charge is 0.271 e. The Kier molecular flexibility index (Phi) is 3.55. The highest BCUT2D eigenvalue weighted by atomic mass is 16.2. The summed E-state index contributed by atoms with van der Waals surface area (Å²) in [6.07, 6.45) is 2.63. The van der Waals surface area contributed by atoms with Gasteiger partial charge in [-0.15, -0.1) is 0 Å². The first-order chi connectivity index (χ1) is 7.09. The van der Waals surface area contributed by atoms with Crippen molar-refractivity contribution in [1.82, 2.24) is 15.3 Å². The zero-order chi connectivity index (χ0) is 11.3. The number of carbonyl (C=O) groups excluding carboxylic acids is 2. The van der Waals surface area contributed by atoms with Gasteiger partial charge in [0, 0.05) is 13.0 Å². The fourth-order valence-corrected chi connectivity index (χ4v) is 0.845. The van der Waals surface area contributed by atoms with Crippen molar-refractivity contribution >= 4 is 17.6 Å². The van der Waals surface area contributed by atoms with Gasteiger partial charge in [0.1, 0.15) is 11.5 Å². The van der Waals surface area contributed by atoms with Gasteiger partial charge in [-0.3, -0.25) is 9.59 Å². The highest BCUT2D eigenvalue weighted by Crippen LogP contribution is 1.95. The number of primary amides is 1. The molecule has 80 valence electrons. The summed E-state index contributed by atoms with van der Waals surface area (Å²) in [5.74, 6) is -0.647. The minimum Gasteiger partial charge on any atom is -0.382 e. The van der Waals surface area contributed by atoms with Gasteiger partial charge in [0.15, 0.2) is 0 Å². The van der Waals surface area contributed by atoms with Gasteiger partial charge in [0.05, 0.1) is 12.4 Å². The van der Waals surface area contributed by atoms with Crippen molar-refractivity contribution < 1.29 is 9.59 Å². The van der Waals surface area contributed by atoms with Crippen molar-refractivity contribution in [2.75, 3.05) is 12.3 Å². The van der Waals surface area contributed by atoms with Gasteiger partial charge in [-0.2, -0.15) is 0 Å².